The normalized spacial score (nSPS) is 10.6. The molecule has 0 atom stereocenters. The SMILES string of the molecule is Cc1cc(CNc2nnc(C)c(C)c2C(N)=S)sc1C. The fraction of sp³-hybridized carbons (Fsp3) is 0.357. The molecule has 0 aliphatic carbocycles. The first-order valence-electron chi connectivity index (χ1n) is 6.33. The predicted octanol–water partition coefficient (Wildman–Crippen LogP) is 3.02. The predicted molar refractivity (Wildman–Crippen MR) is 88.5 cm³/mol. The van der Waals surface area contributed by atoms with Crippen molar-refractivity contribution in [3.8, 4) is 0 Å². The van der Waals surface area contributed by atoms with Crippen molar-refractivity contribution in [3.63, 3.8) is 0 Å². The van der Waals surface area contributed by atoms with E-state index in [-0.39, 0.29) is 0 Å². The van der Waals surface area contributed by atoms with E-state index in [1.54, 1.807) is 11.3 Å². The van der Waals surface area contributed by atoms with Crippen molar-refractivity contribution in [2.75, 3.05) is 5.32 Å². The topological polar surface area (TPSA) is 63.8 Å². The van der Waals surface area contributed by atoms with E-state index in [0.29, 0.717) is 17.4 Å². The van der Waals surface area contributed by atoms with Crippen LogP contribution in [0.4, 0.5) is 5.82 Å². The molecular formula is C14H18N4S2. The number of nitrogens with zero attached hydrogens (tertiary/aromatic N) is 2. The second kappa shape index (κ2) is 5.85. The third-order valence-electron chi connectivity index (χ3n) is 3.35. The maximum Gasteiger partial charge on any atom is 0.159 e. The summed E-state index contributed by atoms with van der Waals surface area (Å²) < 4.78 is 0. The molecule has 0 bridgehead atoms. The lowest BCUT2D eigenvalue weighted by molar-refractivity contribution is 0.946. The van der Waals surface area contributed by atoms with Crippen LogP contribution in [0, 0.1) is 27.7 Å². The number of thiophene rings is 1. The Morgan fingerprint density at radius 3 is 2.55 bits per heavy atom. The Kier molecular flexibility index (Phi) is 4.35. The number of anilines is 1. The van der Waals surface area contributed by atoms with E-state index in [1.807, 2.05) is 13.8 Å². The van der Waals surface area contributed by atoms with Gasteiger partial charge in [-0.05, 0) is 44.9 Å². The quantitative estimate of drug-likeness (QED) is 0.850. The summed E-state index contributed by atoms with van der Waals surface area (Å²) in [7, 11) is 0. The molecule has 20 heavy (non-hydrogen) atoms. The van der Waals surface area contributed by atoms with Gasteiger partial charge in [0.2, 0.25) is 0 Å². The van der Waals surface area contributed by atoms with Gasteiger partial charge < -0.3 is 11.1 Å². The smallest absolute Gasteiger partial charge is 0.159 e. The molecule has 0 saturated heterocycles. The first kappa shape index (κ1) is 14.9. The maximum atomic E-state index is 5.81. The summed E-state index contributed by atoms with van der Waals surface area (Å²) in [5, 5.41) is 11.6. The second-order valence-electron chi connectivity index (χ2n) is 4.80. The number of rotatable bonds is 4. The highest BCUT2D eigenvalue weighted by Crippen LogP contribution is 2.23. The van der Waals surface area contributed by atoms with E-state index >= 15 is 0 Å². The molecular weight excluding hydrogens is 288 g/mol. The van der Waals surface area contributed by atoms with Gasteiger partial charge in [-0.15, -0.1) is 16.4 Å². The van der Waals surface area contributed by atoms with Crippen LogP contribution < -0.4 is 11.1 Å². The van der Waals surface area contributed by atoms with Crippen molar-refractivity contribution in [2.24, 2.45) is 5.73 Å². The van der Waals surface area contributed by atoms with E-state index in [2.05, 4.69) is 35.4 Å². The minimum atomic E-state index is 0.349. The standard InChI is InChI=1S/C14H18N4S2/c1-7-5-11(20-10(7)4)6-16-14-12(13(15)19)8(2)9(3)17-18-14/h5H,6H2,1-4H3,(H2,15,19)(H,16,18). The first-order chi connectivity index (χ1) is 9.40. The Balaban J connectivity index is 2.25. The van der Waals surface area contributed by atoms with Crippen LogP contribution in [0.15, 0.2) is 6.07 Å². The molecule has 0 unspecified atom stereocenters. The van der Waals surface area contributed by atoms with E-state index in [4.69, 9.17) is 18.0 Å². The number of aromatic nitrogens is 2. The van der Waals surface area contributed by atoms with E-state index < -0.39 is 0 Å². The molecule has 2 heterocycles. The average molecular weight is 306 g/mol. The molecule has 6 heteroatoms. The summed E-state index contributed by atoms with van der Waals surface area (Å²) >= 11 is 6.91. The zero-order chi connectivity index (χ0) is 14.9. The lowest BCUT2D eigenvalue weighted by atomic mass is 10.1. The molecule has 0 amide bonds. The van der Waals surface area contributed by atoms with Gasteiger partial charge in [0.25, 0.3) is 0 Å². The van der Waals surface area contributed by atoms with Gasteiger partial charge in [0.15, 0.2) is 5.82 Å². The highest BCUT2D eigenvalue weighted by Gasteiger charge is 2.13. The maximum absolute atomic E-state index is 5.81. The van der Waals surface area contributed by atoms with Crippen LogP contribution in [0.3, 0.4) is 0 Å². The van der Waals surface area contributed by atoms with Gasteiger partial charge in [0, 0.05) is 9.75 Å². The number of hydrogen-bond acceptors (Lipinski definition) is 5. The van der Waals surface area contributed by atoms with Crippen LogP contribution in [0.1, 0.15) is 32.1 Å². The largest absolute Gasteiger partial charge is 0.389 e. The van der Waals surface area contributed by atoms with Gasteiger partial charge in [-0.3, -0.25) is 0 Å². The number of hydrogen-bond donors (Lipinski definition) is 2. The zero-order valence-corrected chi connectivity index (χ0v) is 13.7. The molecule has 0 radical (unpaired) electrons. The van der Waals surface area contributed by atoms with Crippen molar-refractivity contribution in [1.29, 1.82) is 0 Å². The van der Waals surface area contributed by atoms with Gasteiger partial charge in [-0.25, -0.2) is 0 Å². The highest BCUT2D eigenvalue weighted by atomic mass is 32.1. The van der Waals surface area contributed by atoms with E-state index in [1.165, 1.54) is 15.3 Å². The van der Waals surface area contributed by atoms with Crippen molar-refractivity contribution in [1.82, 2.24) is 10.2 Å². The van der Waals surface area contributed by atoms with Crippen molar-refractivity contribution < 1.29 is 0 Å². The number of nitrogens with one attached hydrogen (secondary N) is 1. The molecule has 0 aliphatic rings. The van der Waals surface area contributed by atoms with Gasteiger partial charge >= 0.3 is 0 Å². The Labute approximate surface area is 128 Å². The average Bonchev–Trinajstić information content (AvgIpc) is 2.69. The first-order valence-corrected chi connectivity index (χ1v) is 7.56. The Bertz CT molecular complexity index is 642. The van der Waals surface area contributed by atoms with Crippen LogP contribution >= 0.6 is 23.6 Å². The summed E-state index contributed by atoms with van der Waals surface area (Å²) in [5.74, 6) is 0.657. The molecule has 0 fully saturated rings. The van der Waals surface area contributed by atoms with Crippen molar-refractivity contribution in [2.45, 2.75) is 34.2 Å². The Hall–Kier alpha value is -1.53. The van der Waals surface area contributed by atoms with Gasteiger partial charge in [0.05, 0.1) is 17.8 Å². The third-order valence-corrected chi connectivity index (χ3v) is 4.70. The summed E-state index contributed by atoms with van der Waals surface area (Å²) in [4.78, 5) is 2.94. The second-order valence-corrected chi connectivity index (χ2v) is 6.58. The Morgan fingerprint density at radius 2 is 2.00 bits per heavy atom. The summed E-state index contributed by atoms with van der Waals surface area (Å²) in [5.41, 5.74) is 9.74. The van der Waals surface area contributed by atoms with Crippen molar-refractivity contribution >= 4 is 34.4 Å². The van der Waals surface area contributed by atoms with Crippen LogP contribution in [0.25, 0.3) is 0 Å². The molecule has 2 aromatic heterocycles. The van der Waals surface area contributed by atoms with Gasteiger partial charge in [-0.2, -0.15) is 5.10 Å². The number of aryl methyl sites for hydroxylation is 3. The monoisotopic (exact) mass is 306 g/mol. The summed E-state index contributed by atoms with van der Waals surface area (Å²) in [6.07, 6.45) is 0. The molecule has 4 nitrogen and oxygen atoms in total. The molecule has 2 rings (SSSR count). The zero-order valence-electron chi connectivity index (χ0n) is 12.1. The highest BCUT2D eigenvalue weighted by molar-refractivity contribution is 7.80. The molecule has 0 saturated carbocycles. The fourth-order valence-electron chi connectivity index (χ4n) is 1.94. The fourth-order valence-corrected chi connectivity index (χ4v) is 3.18. The number of nitrogens with two attached hydrogens (primary N) is 1. The van der Waals surface area contributed by atoms with E-state index in [0.717, 1.165) is 16.8 Å². The molecule has 0 spiro atoms. The van der Waals surface area contributed by atoms with E-state index in [9.17, 15) is 0 Å². The molecule has 0 aromatic carbocycles. The van der Waals surface area contributed by atoms with Gasteiger partial charge in [-0.1, -0.05) is 12.2 Å². The number of thiocarbonyl (C=S) groups is 1. The van der Waals surface area contributed by atoms with Crippen LogP contribution in [0.5, 0.6) is 0 Å². The minimum Gasteiger partial charge on any atom is -0.389 e. The lowest BCUT2D eigenvalue weighted by Crippen LogP contribution is -2.17. The van der Waals surface area contributed by atoms with Crippen LogP contribution in [-0.4, -0.2) is 15.2 Å². The summed E-state index contributed by atoms with van der Waals surface area (Å²) in [6, 6.07) is 2.18. The molecule has 106 valence electrons. The molecule has 2 aromatic rings. The Morgan fingerprint density at radius 1 is 1.30 bits per heavy atom. The van der Waals surface area contributed by atoms with Crippen LogP contribution in [-0.2, 0) is 6.54 Å². The lowest BCUT2D eigenvalue weighted by Gasteiger charge is -2.12. The summed E-state index contributed by atoms with van der Waals surface area (Å²) in [6.45, 7) is 8.81. The van der Waals surface area contributed by atoms with Gasteiger partial charge in [0.1, 0.15) is 4.99 Å². The minimum absolute atomic E-state index is 0.349. The third kappa shape index (κ3) is 2.96. The van der Waals surface area contributed by atoms with Crippen molar-refractivity contribution in [3.05, 3.63) is 38.2 Å². The molecule has 3 N–H and O–H groups in total. The molecule has 0 aliphatic heterocycles. The van der Waals surface area contributed by atoms with Crippen LogP contribution in [0.2, 0.25) is 0 Å².